The third kappa shape index (κ3) is 6.01. The summed E-state index contributed by atoms with van der Waals surface area (Å²) in [6, 6.07) is 28.2. The van der Waals surface area contributed by atoms with Crippen LogP contribution in [0.5, 0.6) is 5.75 Å². The average molecular weight is 395 g/mol. The Labute approximate surface area is 178 Å². The monoisotopic (exact) mass is 395 g/mol. The lowest BCUT2D eigenvalue weighted by atomic mass is 9.90. The van der Waals surface area contributed by atoms with Gasteiger partial charge in [0, 0.05) is 41.9 Å². The quantitative estimate of drug-likeness (QED) is 0.474. The van der Waals surface area contributed by atoms with E-state index in [4.69, 9.17) is 10.0 Å². The van der Waals surface area contributed by atoms with Crippen molar-refractivity contribution in [3.8, 4) is 5.75 Å². The van der Waals surface area contributed by atoms with Crippen LogP contribution < -0.4 is 4.65 Å². The predicted octanol–water partition coefficient (Wildman–Crippen LogP) is 5.16. The highest BCUT2D eigenvalue weighted by Gasteiger charge is 2.16. The van der Waals surface area contributed by atoms with Gasteiger partial charge in [-0.2, -0.15) is 0 Å². The van der Waals surface area contributed by atoms with Crippen LogP contribution in [0.15, 0.2) is 115 Å². The number of aryl methyl sites for hydroxylation is 1. The Balaban J connectivity index is 0.000000199. The van der Waals surface area contributed by atoms with Gasteiger partial charge in [0.05, 0.1) is 5.57 Å². The number of hydrogen-bond donors (Lipinski definition) is 2. The maximum Gasteiger partial charge on any atom is 0.707 e. The molecule has 30 heavy (non-hydrogen) atoms. The van der Waals surface area contributed by atoms with Crippen molar-refractivity contribution in [3.05, 3.63) is 138 Å². The third-order valence-corrected chi connectivity index (χ3v) is 4.51. The largest absolute Gasteiger partial charge is 0.707 e. The fourth-order valence-electron chi connectivity index (χ4n) is 3.12. The molecule has 3 nitrogen and oxygen atoms in total. The summed E-state index contributed by atoms with van der Waals surface area (Å²) < 4.78 is 4.66. The van der Waals surface area contributed by atoms with Gasteiger partial charge in [-0.25, -0.2) is 0 Å². The third-order valence-electron chi connectivity index (χ3n) is 4.51. The van der Waals surface area contributed by atoms with Gasteiger partial charge in [0.25, 0.3) is 0 Å². The molecule has 0 bridgehead atoms. The van der Waals surface area contributed by atoms with E-state index in [0.717, 1.165) is 5.56 Å². The summed E-state index contributed by atoms with van der Waals surface area (Å²) >= 11 is 0. The van der Waals surface area contributed by atoms with Crippen molar-refractivity contribution in [2.24, 2.45) is 0 Å². The number of rotatable bonds is 4. The molecule has 0 spiro atoms. The first-order valence-electron chi connectivity index (χ1n) is 9.77. The molecule has 0 saturated heterocycles. The molecular weight excluding hydrogens is 371 g/mol. The van der Waals surface area contributed by atoms with E-state index in [2.05, 4.69) is 96.0 Å². The van der Waals surface area contributed by atoms with Crippen LogP contribution in [-0.2, 0) is 0 Å². The van der Waals surface area contributed by atoms with Gasteiger partial charge in [-0.15, -0.1) is 0 Å². The molecule has 3 aromatic rings. The fraction of sp³-hybridized carbons (Fsp3) is 0.0385. The highest BCUT2D eigenvalue weighted by Crippen LogP contribution is 2.30. The lowest BCUT2D eigenvalue weighted by Gasteiger charge is -2.08. The van der Waals surface area contributed by atoms with Crippen molar-refractivity contribution in [2.75, 3.05) is 0 Å². The van der Waals surface area contributed by atoms with Crippen molar-refractivity contribution < 1.29 is 14.7 Å². The summed E-state index contributed by atoms with van der Waals surface area (Å²) in [7, 11) is -1.74. The summed E-state index contributed by atoms with van der Waals surface area (Å²) in [5, 5.41) is 16.9. The molecule has 148 valence electrons. The molecule has 0 aromatic heterocycles. The minimum absolute atomic E-state index is 0.488. The van der Waals surface area contributed by atoms with Crippen LogP contribution in [0.4, 0.5) is 0 Å². The first-order chi connectivity index (χ1) is 14.6. The molecule has 2 N–H and O–H groups in total. The van der Waals surface area contributed by atoms with Gasteiger partial charge < -0.3 is 14.7 Å². The SMILES string of the molecule is C1=C[CH+]C(=C(c2ccccc2)c2ccccc2)C=C1.Cc1ccccc1OB(O)O. The molecule has 0 saturated carbocycles. The van der Waals surface area contributed by atoms with E-state index in [9.17, 15) is 0 Å². The fourth-order valence-corrected chi connectivity index (χ4v) is 3.12. The van der Waals surface area contributed by atoms with Gasteiger partial charge in [-0.3, -0.25) is 0 Å². The first kappa shape index (κ1) is 21.2. The molecule has 0 atom stereocenters. The van der Waals surface area contributed by atoms with E-state index in [1.54, 1.807) is 12.1 Å². The normalized spacial score (nSPS) is 11.8. The summed E-state index contributed by atoms with van der Waals surface area (Å²) in [4.78, 5) is 0. The van der Waals surface area contributed by atoms with Crippen molar-refractivity contribution in [3.63, 3.8) is 0 Å². The molecule has 0 radical (unpaired) electrons. The van der Waals surface area contributed by atoms with E-state index in [-0.39, 0.29) is 0 Å². The standard InChI is InChI=1S/C19H15.C7H9BO3/c1-4-10-16(11-5-1)19(17-12-6-2-7-13-17)18-14-8-3-9-15-18;1-6-4-2-3-5-7(6)11-8(9)10/h1-15H;2-5,9-10H,1H3/q+1;. The summed E-state index contributed by atoms with van der Waals surface area (Å²) in [6.07, 6.45) is 10.5. The first-order valence-corrected chi connectivity index (χ1v) is 9.77. The maximum absolute atomic E-state index is 8.46. The molecular formula is C26H24BO3+. The van der Waals surface area contributed by atoms with Crippen molar-refractivity contribution >= 4 is 12.9 Å². The van der Waals surface area contributed by atoms with Gasteiger partial charge in [-0.1, -0.05) is 54.6 Å². The van der Waals surface area contributed by atoms with Crippen molar-refractivity contribution in [2.45, 2.75) is 6.92 Å². The van der Waals surface area contributed by atoms with Crippen LogP contribution in [0.2, 0.25) is 0 Å². The lowest BCUT2D eigenvalue weighted by Crippen LogP contribution is -2.20. The molecule has 3 aromatic carbocycles. The van der Waals surface area contributed by atoms with Gasteiger partial charge >= 0.3 is 7.32 Å². The highest BCUT2D eigenvalue weighted by molar-refractivity contribution is 6.33. The number of benzene rings is 3. The molecule has 0 heterocycles. The van der Waals surface area contributed by atoms with E-state index < -0.39 is 7.32 Å². The summed E-state index contributed by atoms with van der Waals surface area (Å²) in [5.74, 6) is 0.488. The number of para-hydroxylation sites is 1. The Bertz CT molecular complexity index is 981. The molecule has 1 aliphatic carbocycles. The molecule has 0 amide bonds. The van der Waals surface area contributed by atoms with E-state index in [1.165, 1.54) is 22.3 Å². The van der Waals surface area contributed by atoms with Crippen LogP contribution in [-0.4, -0.2) is 17.4 Å². The van der Waals surface area contributed by atoms with Crippen molar-refractivity contribution in [1.82, 2.24) is 0 Å². The Morgan fingerprint density at radius 2 is 1.33 bits per heavy atom. The second-order valence-electron chi connectivity index (χ2n) is 6.68. The minimum Gasteiger partial charge on any atom is -0.512 e. The van der Waals surface area contributed by atoms with E-state index in [0.29, 0.717) is 5.75 Å². The molecule has 0 unspecified atom stereocenters. The number of hydrogen-bond acceptors (Lipinski definition) is 3. The highest BCUT2D eigenvalue weighted by atomic mass is 16.6. The Hall–Kier alpha value is -3.47. The molecule has 0 aliphatic heterocycles. The summed E-state index contributed by atoms with van der Waals surface area (Å²) in [5.41, 5.74) is 5.90. The summed E-state index contributed by atoms with van der Waals surface area (Å²) in [6.45, 7) is 1.83. The van der Waals surface area contributed by atoms with E-state index in [1.807, 2.05) is 19.1 Å². The predicted molar refractivity (Wildman–Crippen MR) is 123 cm³/mol. The lowest BCUT2D eigenvalue weighted by molar-refractivity contribution is 0.287. The Morgan fingerprint density at radius 3 is 1.83 bits per heavy atom. The van der Waals surface area contributed by atoms with Gasteiger partial charge in [0.15, 0.2) is 0 Å². The molecule has 4 rings (SSSR count). The zero-order valence-electron chi connectivity index (χ0n) is 16.8. The second-order valence-corrected chi connectivity index (χ2v) is 6.68. The smallest absolute Gasteiger partial charge is 0.512 e. The molecule has 4 heteroatoms. The van der Waals surface area contributed by atoms with Crippen molar-refractivity contribution in [1.29, 1.82) is 0 Å². The van der Waals surface area contributed by atoms with Gasteiger partial charge in [-0.05, 0) is 42.8 Å². The van der Waals surface area contributed by atoms with Crippen LogP contribution in [0.3, 0.4) is 0 Å². The van der Waals surface area contributed by atoms with Gasteiger partial charge in [0.2, 0.25) is 0 Å². The van der Waals surface area contributed by atoms with Crippen LogP contribution in [0, 0.1) is 13.3 Å². The zero-order valence-corrected chi connectivity index (χ0v) is 16.8. The van der Waals surface area contributed by atoms with Crippen LogP contribution in [0.25, 0.3) is 5.57 Å². The van der Waals surface area contributed by atoms with Crippen LogP contribution in [0.1, 0.15) is 16.7 Å². The van der Waals surface area contributed by atoms with E-state index >= 15 is 0 Å². The topological polar surface area (TPSA) is 49.7 Å². The Kier molecular flexibility index (Phi) is 7.73. The molecule has 0 fully saturated rings. The van der Waals surface area contributed by atoms with Crippen LogP contribution >= 0.6 is 0 Å². The van der Waals surface area contributed by atoms with Gasteiger partial charge in [0.1, 0.15) is 11.3 Å². The Morgan fingerprint density at radius 1 is 0.767 bits per heavy atom. The maximum atomic E-state index is 8.46. The average Bonchev–Trinajstić information content (AvgIpc) is 2.78. The minimum atomic E-state index is -1.74. The number of allylic oxidation sites excluding steroid dienone is 5. The zero-order chi connectivity index (χ0) is 21.2. The molecule has 1 aliphatic rings. The second kappa shape index (κ2) is 10.9.